The van der Waals surface area contributed by atoms with Crippen molar-refractivity contribution in [3.05, 3.63) is 35.4 Å². The molecule has 1 aromatic rings. The first-order chi connectivity index (χ1) is 17.4. The molecule has 3 heterocycles. The molecule has 198 valence electrons. The maximum atomic E-state index is 15.6. The minimum Gasteiger partial charge on any atom is -0.380 e. The number of alkyl halides is 2. The fourth-order valence-corrected chi connectivity index (χ4v) is 6.90. The monoisotopic (exact) mass is 519 g/mol. The van der Waals surface area contributed by atoms with Crippen molar-refractivity contribution in [3.63, 3.8) is 0 Å². The highest BCUT2D eigenvalue weighted by atomic mass is 35.5. The van der Waals surface area contributed by atoms with E-state index < -0.39 is 23.9 Å². The highest BCUT2D eigenvalue weighted by Gasteiger charge is 2.53. The molecule has 3 saturated heterocycles. The molecule has 1 N–H and O–H groups in total. The molecular weight excluding hydrogens is 481 g/mol. The topological polar surface area (TPSA) is 61.9 Å². The first-order valence-corrected chi connectivity index (χ1v) is 14.1. The van der Waals surface area contributed by atoms with Gasteiger partial charge in [-0.3, -0.25) is 14.9 Å². The molecule has 0 radical (unpaired) electrons. The van der Waals surface area contributed by atoms with Crippen LogP contribution in [0.5, 0.6) is 0 Å². The Labute approximate surface area is 218 Å². The van der Waals surface area contributed by atoms with Crippen LogP contribution in [0.2, 0.25) is 0 Å². The Kier molecular flexibility index (Phi) is 7.89. The van der Waals surface area contributed by atoms with E-state index in [9.17, 15) is 9.59 Å². The lowest BCUT2D eigenvalue weighted by atomic mass is 9.78. The van der Waals surface area contributed by atoms with Gasteiger partial charge >= 0.3 is 0 Å². The van der Waals surface area contributed by atoms with Gasteiger partial charge in [0.1, 0.15) is 24.9 Å². The Balaban J connectivity index is 1.39. The van der Waals surface area contributed by atoms with Crippen molar-refractivity contribution in [2.75, 3.05) is 19.8 Å². The molecule has 4 atom stereocenters. The predicted molar refractivity (Wildman–Crippen MR) is 137 cm³/mol. The van der Waals surface area contributed by atoms with Crippen LogP contribution >= 0.6 is 11.6 Å². The quantitative estimate of drug-likeness (QED) is 0.602. The molecule has 0 bridgehead atoms. The number of benzene rings is 1. The number of carbonyl (C=O) groups is 2. The smallest absolute Gasteiger partial charge is 0.247 e. The van der Waals surface area contributed by atoms with E-state index in [-0.39, 0.29) is 36.1 Å². The van der Waals surface area contributed by atoms with Crippen LogP contribution in [0.15, 0.2) is 24.3 Å². The number of carbonyl (C=O) groups excluding carboxylic acids is 2. The minimum atomic E-state index is -1.32. The molecule has 4 aliphatic rings. The van der Waals surface area contributed by atoms with Crippen LogP contribution in [0.4, 0.5) is 4.39 Å². The molecule has 36 heavy (non-hydrogen) atoms. The fourth-order valence-electron chi connectivity index (χ4n) is 6.45. The van der Waals surface area contributed by atoms with E-state index in [4.69, 9.17) is 16.3 Å². The first kappa shape index (κ1) is 25.9. The third-order valence-electron chi connectivity index (χ3n) is 8.72. The summed E-state index contributed by atoms with van der Waals surface area (Å²) in [5.74, 6) is -0.394. The number of rotatable bonds is 4. The third-order valence-corrected chi connectivity index (χ3v) is 9.32. The van der Waals surface area contributed by atoms with E-state index in [1.165, 1.54) is 17.7 Å². The Morgan fingerprint density at radius 2 is 1.69 bits per heavy atom. The lowest BCUT2D eigenvalue weighted by molar-refractivity contribution is -0.174. The summed E-state index contributed by atoms with van der Waals surface area (Å²) < 4.78 is 21.0. The van der Waals surface area contributed by atoms with Crippen LogP contribution < -0.4 is 5.32 Å². The summed E-state index contributed by atoms with van der Waals surface area (Å²) in [4.78, 5) is 30.7. The van der Waals surface area contributed by atoms with Crippen LogP contribution in [-0.2, 0) is 20.9 Å². The number of piperazine rings is 1. The maximum absolute atomic E-state index is 15.6. The van der Waals surface area contributed by atoms with Crippen molar-refractivity contribution in [2.24, 2.45) is 5.92 Å². The van der Waals surface area contributed by atoms with Crippen molar-refractivity contribution in [1.82, 2.24) is 15.1 Å². The minimum absolute atomic E-state index is 0.0732. The van der Waals surface area contributed by atoms with E-state index >= 15 is 4.39 Å². The number of ether oxygens (including phenoxy) is 1. The Morgan fingerprint density at radius 1 is 1.06 bits per heavy atom. The Bertz CT molecular complexity index is 930. The molecule has 2 amide bonds. The average Bonchev–Trinajstić information content (AvgIpc) is 2.94. The summed E-state index contributed by atoms with van der Waals surface area (Å²) in [6.07, 6.45) is 6.62. The molecule has 5 rings (SSSR count). The number of piperidine rings is 1. The summed E-state index contributed by atoms with van der Waals surface area (Å²) in [5, 5.41) is 3.22. The van der Waals surface area contributed by atoms with Gasteiger partial charge in [-0.1, -0.05) is 68.4 Å². The van der Waals surface area contributed by atoms with Crippen molar-refractivity contribution < 1.29 is 18.7 Å². The highest BCUT2D eigenvalue weighted by Crippen LogP contribution is 2.40. The van der Waals surface area contributed by atoms with Crippen molar-refractivity contribution in [3.8, 4) is 0 Å². The highest BCUT2D eigenvalue weighted by molar-refractivity contribution is 6.21. The van der Waals surface area contributed by atoms with Crippen molar-refractivity contribution in [1.29, 1.82) is 0 Å². The molecule has 6 nitrogen and oxygen atoms in total. The van der Waals surface area contributed by atoms with Gasteiger partial charge in [-0.15, -0.1) is 11.6 Å². The van der Waals surface area contributed by atoms with Crippen LogP contribution in [0.1, 0.15) is 68.9 Å². The van der Waals surface area contributed by atoms with E-state index in [1.807, 2.05) is 31.2 Å². The Hall–Kier alpha value is -1.70. The van der Waals surface area contributed by atoms with Crippen LogP contribution in [-0.4, -0.2) is 70.7 Å². The molecule has 1 aliphatic carbocycles. The predicted octanol–water partition coefficient (Wildman–Crippen LogP) is 4.32. The average molecular weight is 520 g/mol. The molecule has 3 unspecified atom stereocenters. The summed E-state index contributed by atoms with van der Waals surface area (Å²) in [6.45, 7) is 3.15. The molecule has 8 heteroatoms. The summed E-state index contributed by atoms with van der Waals surface area (Å²) in [6, 6.07) is 7.38. The normalized spacial score (nSPS) is 32.1. The molecule has 4 fully saturated rings. The lowest BCUT2D eigenvalue weighted by Crippen LogP contribution is -2.74. The maximum Gasteiger partial charge on any atom is 0.247 e. The second-order valence-electron chi connectivity index (χ2n) is 11.3. The van der Waals surface area contributed by atoms with Gasteiger partial charge in [0.05, 0.1) is 18.6 Å². The number of nitrogens with one attached hydrogen (secondary N) is 1. The van der Waals surface area contributed by atoms with Gasteiger partial charge in [-0.2, -0.15) is 0 Å². The summed E-state index contributed by atoms with van der Waals surface area (Å²) in [7, 11) is 0. The first-order valence-electron chi connectivity index (χ1n) is 13.7. The van der Waals surface area contributed by atoms with Crippen LogP contribution in [0.25, 0.3) is 0 Å². The number of amides is 2. The zero-order valence-corrected chi connectivity index (χ0v) is 22.0. The number of halogens is 2. The van der Waals surface area contributed by atoms with E-state index in [1.54, 1.807) is 4.90 Å². The SMILES string of the molecule is Cc1ccc(CN2C(=O)CN(C3NC4(CCCCCCCC4)C(Cl)CC3F)C(=O)[C@@H]2C2COC2)cc1. The molecule has 1 saturated carbocycles. The standard InChI is InChI=1S/C28H39ClFN3O3/c1-19-8-10-20(11-9-19)15-32-24(34)16-33(27(35)25(32)21-17-36-18-21)26-22(30)14-23(29)28(31-26)12-6-4-2-3-5-7-13-28/h8-11,21-23,25-26,31H,2-7,12-18H2,1H3/t22?,23?,25-,26?/m0/s1. The van der Waals surface area contributed by atoms with E-state index in [2.05, 4.69) is 5.32 Å². The van der Waals surface area contributed by atoms with E-state index in [0.717, 1.165) is 49.7 Å². The second kappa shape index (κ2) is 11.0. The molecule has 3 aliphatic heterocycles. The molecule has 1 spiro atoms. The zero-order valence-electron chi connectivity index (χ0n) is 21.3. The van der Waals surface area contributed by atoms with Gasteiger partial charge in [0.15, 0.2) is 0 Å². The largest absolute Gasteiger partial charge is 0.380 e. The number of hydrogen-bond acceptors (Lipinski definition) is 4. The number of nitrogens with zero attached hydrogens (tertiary/aromatic N) is 2. The van der Waals surface area contributed by atoms with Gasteiger partial charge in [-0.25, -0.2) is 4.39 Å². The van der Waals surface area contributed by atoms with Crippen LogP contribution in [0.3, 0.4) is 0 Å². The molecule has 0 aromatic heterocycles. The van der Waals surface area contributed by atoms with Gasteiger partial charge in [0, 0.05) is 24.4 Å². The Morgan fingerprint density at radius 3 is 2.31 bits per heavy atom. The van der Waals surface area contributed by atoms with Gasteiger partial charge in [0.2, 0.25) is 11.8 Å². The van der Waals surface area contributed by atoms with Crippen molar-refractivity contribution in [2.45, 2.75) is 101 Å². The lowest BCUT2D eigenvalue weighted by Gasteiger charge is -2.53. The van der Waals surface area contributed by atoms with Crippen LogP contribution in [0, 0.1) is 12.8 Å². The zero-order chi connectivity index (χ0) is 25.3. The van der Waals surface area contributed by atoms with Crippen molar-refractivity contribution >= 4 is 23.4 Å². The fraction of sp³-hybridized carbons (Fsp3) is 0.714. The number of hydrogen-bond donors (Lipinski definition) is 1. The van der Waals surface area contributed by atoms with Gasteiger partial charge in [-0.05, 0) is 25.3 Å². The third kappa shape index (κ3) is 5.16. The number of aryl methyl sites for hydroxylation is 1. The molecule has 1 aromatic carbocycles. The van der Waals surface area contributed by atoms with Gasteiger partial charge < -0.3 is 14.5 Å². The van der Waals surface area contributed by atoms with Gasteiger partial charge in [0.25, 0.3) is 0 Å². The second-order valence-corrected chi connectivity index (χ2v) is 11.8. The van der Waals surface area contributed by atoms with E-state index in [0.29, 0.717) is 19.8 Å². The molecular formula is C28H39ClFN3O3. The summed E-state index contributed by atoms with van der Waals surface area (Å²) >= 11 is 6.83. The summed E-state index contributed by atoms with van der Waals surface area (Å²) in [5.41, 5.74) is 1.72.